The number of halogens is 1. The molecule has 4 rings (SSSR count). The van der Waals surface area contributed by atoms with Gasteiger partial charge in [0, 0.05) is 21.7 Å². The normalized spacial score (nSPS) is 11.6. The van der Waals surface area contributed by atoms with Crippen LogP contribution in [0.1, 0.15) is 29.8 Å². The fraction of sp³-hybridized carbons (Fsp3) is 0.179. The van der Waals surface area contributed by atoms with E-state index in [0.29, 0.717) is 44.6 Å². The topological polar surface area (TPSA) is 111 Å². The molecule has 0 aliphatic carbocycles. The Hall–Kier alpha value is -4.30. The van der Waals surface area contributed by atoms with Crippen molar-refractivity contribution in [2.45, 2.75) is 26.4 Å². The van der Waals surface area contributed by atoms with Gasteiger partial charge in [0.1, 0.15) is 23.2 Å². The molecule has 1 amide bonds. The molecule has 0 aliphatic rings. The quantitative estimate of drug-likeness (QED) is 0.259. The second-order valence-corrected chi connectivity index (χ2v) is 8.76. The number of hydrogen-bond acceptors (Lipinski definition) is 6. The number of aromatic nitrogens is 1. The van der Waals surface area contributed by atoms with E-state index in [-0.39, 0.29) is 6.42 Å². The van der Waals surface area contributed by atoms with Crippen LogP contribution in [0.25, 0.3) is 22.5 Å². The van der Waals surface area contributed by atoms with Gasteiger partial charge >= 0.3 is 12.1 Å². The highest BCUT2D eigenvalue weighted by Crippen LogP contribution is 2.37. The highest BCUT2D eigenvalue weighted by Gasteiger charge is 2.21. The lowest BCUT2D eigenvalue weighted by Crippen LogP contribution is -2.17. The van der Waals surface area contributed by atoms with E-state index in [1.54, 1.807) is 57.4 Å². The molecule has 37 heavy (non-hydrogen) atoms. The summed E-state index contributed by atoms with van der Waals surface area (Å²) in [7, 11) is 1.55. The van der Waals surface area contributed by atoms with E-state index in [9.17, 15) is 14.7 Å². The van der Waals surface area contributed by atoms with Crippen molar-refractivity contribution in [1.82, 2.24) is 5.16 Å². The Bertz CT molecular complexity index is 1450. The molecule has 8 nitrogen and oxygen atoms in total. The van der Waals surface area contributed by atoms with E-state index in [4.69, 9.17) is 25.6 Å². The van der Waals surface area contributed by atoms with Crippen molar-refractivity contribution >= 4 is 29.4 Å². The van der Waals surface area contributed by atoms with Crippen molar-refractivity contribution in [2.24, 2.45) is 0 Å². The molecule has 1 aromatic heterocycles. The SMILES string of the molecule is COc1ccc(CC(=O)O)cc1-c1cccc(-c2onc(C)c2NC(=O)OC(C)c2ccccc2Cl)c1. The number of nitrogens with zero attached hydrogens (tertiary/aromatic N) is 1. The van der Waals surface area contributed by atoms with Crippen LogP contribution >= 0.6 is 11.6 Å². The number of aliphatic carboxylic acids is 1. The number of aryl methyl sites for hydroxylation is 1. The minimum absolute atomic E-state index is 0.110. The molecular weight excluding hydrogens is 496 g/mol. The Kier molecular flexibility index (Phi) is 7.79. The predicted molar refractivity (Wildman–Crippen MR) is 140 cm³/mol. The Morgan fingerprint density at radius 2 is 1.84 bits per heavy atom. The molecule has 3 aromatic carbocycles. The minimum atomic E-state index is -0.923. The summed E-state index contributed by atoms with van der Waals surface area (Å²) in [6.07, 6.45) is -1.37. The maximum atomic E-state index is 12.7. The largest absolute Gasteiger partial charge is 0.496 e. The van der Waals surface area contributed by atoms with Gasteiger partial charge in [0.05, 0.1) is 13.5 Å². The fourth-order valence-corrected chi connectivity index (χ4v) is 4.26. The second-order valence-electron chi connectivity index (χ2n) is 8.35. The first kappa shape index (κ1) is 25.8. The van der Waals surface area contributed by atoms with Crippen LogP contribution in [-0.2, 0) is 16.0 Å². The summed E-state index contributed by atoms with van der Waals surface area (Å²) in [6, 6.07) is 19.8. The first-order chi connectivity index (χ1) is 17.8. The molecule has 2 N–H and O–H groups in total. The molecule has 0 saturated carbocycles. The van der Waals surface area contributed by atoms with Gasteiger partial charge in [-0.05, 0) is 49.2 Å². The number of hydrogen-bond donors (Lipinski definition) is 2. The lowest BCUT2D eigenvalue weighted by atomic mass is 9.98. The molecule has 190 valence electrons. The molecule has 9 heteroatoms. The average molecular weight is 521 g/mol. The van der Waals surface area contributed by atoms with Crippen molar-refractivity contribution in [3.8, 4) is 28.2 Å². The third kappa shape index (κ3) is 5.92. The molecule has 0 fully saturated rings. The summed E-state index contributed by atoms with van der Waals surface area (Å²) >= 11 is 6.22. The molecule has 0 spiro atoms. The third-order valence-electron chi connectivity index (χ3n) is 5.77. The zero-order valence-electron chi connectivity index (χ0n) is 20.4. The highest BCUT2D eigenvalue weighted by atomic mass is 35.5. The average Bonchev–Trinajstić information content (AvgIpc) is 3.23. The summed E-state index contributed by atoms with van der Waals surface area (Å²) in [6.45, 7) is 3.44. The number of carbonyl (C=O) groups excluding carboxylic acids is 1. The second kappa shape index (κ2) is 11.2. The van der Waals surface area contributed by atoms with Gasteiger partial charge in [0.2, 0.25) is 0 Å². The number of amides is 1. The number of ether oxygens (including phenoxy) is 2. The van der Waals surface area contributed by atoms with Crippen LogP contribution in [0, 0.1) is 6.92 Å². The Labute approximate surface area is 218 Å². The number of carboxylic acid groups (broad SMARTS) is 1. The molecule has 0 saturated heterocycles. The first-order valence-corrected chi connectivity index (χ1v) is 11.8. The van der Waals surface area contributed by atoms with Gasteiger partial charge in [-0.25, -0.2) is 4.79 Å². The number of carboxylic acids is 1. The van der Waals surface area contributed by atoms with Gasteiger partial charge in [-0.1, -0.05) is 59.2 Å². The Morgan fingerprint density at radius 1 is 1.08 bits per heavy atom. The van der Waals surface area contributed by atoms with Crippen molar-refractivity contribution in [3.63, 3.8) is 0 Å². The van der Waals surface area contributed by atoms with Gasteiger partial charge in [-0.3, -0.25) is 10.1 Å². The van der Waals surface area contributed by atoms with Crippen LogP contribution in [0.15, 0.2) is 71.3 Å². The van der Waals surface area contributed by atoms with Crippen molar-refractivity contribution in [2.75, 3.05) is 12.4 Å². The maximum absolute atomic E-state index is 12.7. The van der Waals surface area contributed by atoms with E-state index in [1.807, 2.05) is 30.3 Å². The number of anilines is 1. The van der Waals surface area contributed by atoms with E-state index in [2.05, 4.69) is 10.5 Å². The monoisotopic (exact) mass is 520 g/mol. The summed E-state index contributed by atoms with van der Waals surface area (Å²) in [5.41, 5.74) is 4.33. The van der Waals surface area contributed by atoms with Gasteiger partial charge < -0.3 is 19.1 Å². The number of carbonyl (C=O) groups is 2. The lowest BCUT2D eigenvalue weighted by Gasteiger charge is -2.15. The number of benzene rings is 3. The van der Waals surface area contributed by atoms with E-state index >= 15 is 0 Å². The molecule has 0 radical (unpaired) electrons. The number of methoxy groups -OCH3 is 1. The van der Waals surface area contributed by atoms with Crippen molar-refractivity contribution in [3.05, 3.63) is 88.6 Å². The molecule has 1 unspecified atom stereocenters. The van der Waals surface area contributed by atoms with Crippen LogP contribution in [0.2, 0.25) is 5.02 Å². The molecule has 0 bridgehead atoms. The van der Waals surface area contributed by atoms with Crippen LogP contribution in [0.5, 0.6) is 5.75 Å². The third-order valence-corrected chi connectivity index (χ3v) is 6.12. The van der Waals surface area contributed by atoms with E-state index in [0.717, 1.165) is 11.1 Å². The number of rotatable bonds is 8. The highest BCUT2D eigenvalue weighted by molar-refractivity contribution is 6.31. The smallest absolute Gasteiger partial charge is 0.412 e. The Balaban J connectivity index is 1.61. The van der Waals surface area contributed by atoms with Crippen molar-refractivity contribution in [1.29, 1.82) is 0 Å². The predicted octanol–water partition coefficient (Wildman–Crippen LogP) is 6.92. The van der Waals surface area contributed by atoms with Gasteiger partial charge in [0.15, 0.2) is 5.76 Å². The Morgan fingerprint density at radius 3 is 2.57 bits per heavy atom. The van der Waals surface area contributed by atoms with E-state index < -0.39 is 18.2 Å². The zero-order valence-corrected chi connectivity index (χ0v) is 21.2. The summed E-state index contributed by atoms with van der Waals surface area (Å²) in [5.74, 6) is 0.0198. The van der Waals surface area contributed by atoms with Crippen molar-refractivity contribution < 1.29 is 28.7 Å². The van der Waals surface area contributed by atoms with Crippen LogP contribution in [-0.4, -0.2) is 29.4 Å². The van der Waals surface area contributed by atoms with Crippen LogP contribution in [0.4, 0.5) is 10.5 Å². The first-order valence-electron chi connectivity index (χ1n) is 11.4. The number of nitrogens with one attached hydrogen (secondary N) is 1. The van der Waals surface area contributed by atoms with Crippen LogP contribution in [0.3, 0.4) is 0 Å². The maximum Gasteiger partial charge on any atom is 0.412 e. The zero-order chi connectivity index (χ0) is 26.5. The summed E-state index contributed by atoms with van der Waals surface area (Å²) in [4.78, 5) is 23.9. The summed E-state index contributed by atoms with van der Waals surface area (Å²) < 4.78 is 16.6. The standard InChI is InChI=1S/C28H25ClN2O6/c1-16-26(30-28(34)36-17(2)21-9-4-5-10-23(21)29)27(37-31-16)20-8-6-7-19(15-20)22-13-18(14-25(32)33)11-12-24(22)35-3/h4-13,15,17H,14H2,1-3H3,(H,30,34)(H,32,33). The molecule has 0 aliphatic heterocycles. The molecule has 1 atom stereocenters. The van der Waals surface area contributed by atoms with Gasteiger partial charge in [0.25, 0.3) is 0 Å². The molecule has 1 heterocycles. The fourth-order valence-electron chi connectivity index (χ4n) is 3.97. The van der Waals surface area contributed by atoms with Gasteiger partial charge in [-0.2, -0.15) is 0 Å². The molecular formula is C28H25ClN2O6. The van der Waals surface area contributed by atoms with E-state index in [1.165, 1.54) is 0 Å². The lowest BCUT2D eigenvalue weighted by molar-refractivity contribution is -0.136. The molecule has 4 aromatic rings. The minimum Gasteiger partial charge on any atom is -0.496 e. The van der Waals surface area contributed by atoms with Gasteiger partial charge in [-0.15, -0.1) is 0 Å². The van der Waals surface area contributed by atoms with Crippen LogP contribution < -0.4 is 10.1 Å². The summed E-state index contributed by atoms with van der Waals surface area (Å²) in [5, 5.41) is 16.5.